The number of hydrogen-bond donors (Lipinski definition) is 1. The molecule has 0 radical (unpaired) electrons. The van der Waals surface area contributed by atoms with E-state index in [0.717, 1.165) is 18.6 Å². The average Bonchev–Trinajstić information content (AvgIpc) is 3.01. The molecular weight excluding hydrogens is 286 g/mol. The molecule has 0 saturated carbocycles. The van der Waals surface area contributed by atoms with Gasteiger partial charge in [0.15, 0.2) is 5.22 Å². The van der Waals surface area contributed by atoms with E-state index >= 15 is 0 Å². The highest BCUT2D eigenvalue weighted by atomic mass is 35.5. The van der Waals surface area contributed by atoms with Gasteiger partial charge in [0.25, 0.3) is 0 Å². The second-order valence-corrected chi connectivity index (χ2v) is 7.03. The van der Waals surface area contributed by atoms with Crippen LogP contribution in [0.25, 0.3) is 0 Å². The summed E-state index contributed by atoms with van der Waals surface area (Å²) < 4.78 is 7.57. The van der Waals surface area contributed by atoms with Crippen molar-refractivity contribution in [3.8, 4) is 0 Å². The molecule has 2 aromatic heterocycles. The van der Waals surface area contributed by atoms with Crippen LogP contribution in [-0.4, -0.2) is 9.78 Å². The third kappa shape index (κ3) is 3.01. The van der Waals surface area contributed by atoms with Crippen LogP contribution in [0.1, 0.15) is 56.7 Å². The lowest BCUT2D eigenvalue weighted by Gasteiger charge is -2.28. The van der Waals surface area contributed by atoms with E-state index in [1.807, 2.05) is 12.3 Å². The van der Waals surface area contributed by atoms with Gasteiger partial charge in [-0.3, -0.25) is 4.68 Å². The Balaban J connectivity index is 1.76. The molecule has 1 aliphatic rings. The van der Waals surface area contributed by atoms with Crippen molar-refractivity contribution in [2.24, 2.45) is 0 Å². The molecule has 2 heterocycles. The summed E-state index contributed by atoms with van der Waals surface area (Å²) in [5.74, 6) is 0.871. The van der Waals surface area contributed by atoms with Crippen LogP contribution in [-0.2, 0) is 18.5 Å². The number of aromatic nitrogens is 2. The molecule has 114 valence electrons. The number of halogens is 1. The highest BCUT2D eigenvalue weighted by Crippen LogP contribution is 2.32. The van der Waals surface area contributed by atoms with Crippen molar-refractivity contribution in [3.05, 3.63) is 40.6 Å². The molecule has 0 aromatic carbocycles. The zero-order valence-electron chi connectivity index (χ0n) is 12.8. The van der Waals surface area contributed by atoms with Gasteiger partial charge in [-0.1, -0.05) is 0 Å². The molecule has 5 heteroatoms. The van der Waals surface area contributed by atoms with Crippen LogP contribution in [0, 0.1) is 0 Å². The molecule has 0 amide bonds. The maximum absolute atomic E-state index is 5.81. The van der Waals surface area contributed by atoms with E-state index < -0.39 is 0 Å². The van der Waals surface area contributed by atoms with E-state index in [2.05, 4.69) is 35.9 Å². The summed E-state index contributed by atoms with van der Waals surface area (Å²) in [6, 6.07) is 4.04. The fourth-order valence-electron chi connectivity index (χ4n) is 3.02. The first kappa shape index (κ1) is 14.7. The van der Waals surface area contributed by atoms with Gasteiger partial charge >= 0.3 is 0 Å². The zero-order chi connectivity index (χ0) is 15.0. The zero-order valence-corrected chi connectivity index (χ0v) is 13.6. The summed E-state index contributed by atoms with van der Waals surface area (Å²) >= 11 is 5.81. The Hall–Kier alpha value is -1.26. The first-order valence-corrected chi connectivity index (χ1v) is 7.88. The van der Waals surface area contributed by atoms with Gasteiger partial charge in [0.05, 0.1) is 18.3 Å². The first-order valence-electron chi connectivity index (χ1n) is 7.50. The van der Waals surface area contributed by atoms with Gasteiger partial charge in [0, 0.05) is 17.3 Å². The molecule has 0 fully saturated rings. The standard InChI is InChI=1S/C16H22ClN3O/c1-16(2,3)20-14-6-4-5-13(12(14)10-19-20)18-9-11-7-8-15(17)21-11/h7-8,10,13,18H,4-6,9H2,1-3H3. The molecule has 3 rings (SSSR count). The molecule has 4 nitrogen and oxygen atoms in total. The second kappa shape index (κ2) is 5.50. The van der Waals surface area contributed by atoms with Crippen LogP contribution >= 0.6 is 11.6 Å². The van der Waals surface area contributed by atoms with E-state index in [4.69, 9.17) is 16.0 Å². The summed E-state index contributed by atoms with van der Waals surface area (Å²) in [7, 11) is 0. The van der Waals surface area contributed by atoms with Gasteiger partial charge < -0.3 is 9.73 Å². The number of hydrogen-bond acceptors (Lipinski definition) is 3. The van der Waals surface area contributed by atoms with Crippen molar-refractivity contribution in [1.82, 2.24) is 15.1 Å². The SMILES string of the molecule is CC(C)(C)n1ncc2c1CCCC2NCc1ccc(Cl)o1. The lowest BCUT2D eigenvalue weighted by molar-refractivity contribution is 0.333. The number of nitrogens with zero attached hydrogens (tertiary/aromatic N) is 2. The van der Waals surface area contributed by atoms with Gasteiger partial charge in [0.2, 0.25) is 0 Å². The highest BCUT2D eigenvalue weighted by Gasteiger charge is 2.27. The van der Waals surface area contributed by atoms with Gasteiger partial charge in [-0.25, -0.2) is 0 Å². The minimum atomic E-state index is 0.0318. The van der Waals surface area contributed by atoms with E-state index in [9.17, 15) is 0 Å². The van der Waals surface area contributed by atoms with E-state index in [1.54, 1.807) is 6.07 Å². The largest absolute Gasteiger partial charge is 0.448 e. The van der Waals surface area contributed by atoms with Crippen molar-refractivity contribution in [2.45, 2.75) is 58.2 Å². The van der Waals surface area contributed by atoms with E-state index in [0.29, 0.717) is 17.8 Å². The Morgan fingerprint density at radius 3 is 2.90 bits per heavy atom. The molecule has 0 saturated heterocycles. The minimum absolute atomic E-state index is 0.0318. The highest BCUT2D eigenvalue weighted by molar-refractivity contribution is 6.28. The quantitative estimate of drug-likeness (QED) is 0.930. The maximum Gasteiger partial charge on any atom is 0.193 e. The van der Waals surface area contributed by atoms with Crippen LogP contribution in [0.3, 0.4) is 0 Å². The van der Waals surface area contributed by atoms with Crippen molar-refractivity contribution < 1.29 is 4.42 Å². The Labute approximate surface area is 130 Å². The molecule has 0 spiro atoms. The molecule has 0 bridgehead atoms. The third-order valence-corrected chi connectivity index (χ3v) is 4.17. The van der Waals surface area contributed by atoms with Gasteiger partial charge in [-0.05, 0) is 63.8 Å². The van der Waals surface area contributed by atoms with E-state index in [1.165, 1.54) is 17.7 Å². The Morgan fingerprint density at radius 1 is 1.43 bits per heavy atom. The normalized spacial score (nSPS) is 18.8. The second-order valence-electron chi connectivity index (χ2n) is 6.66. The molecule has 1 atom stereocenters. The fraction of sp³-hybridized carbons (Fsp3) is 0.562. The van der Waals surface area contributed by atoms with Crippen LogP contribution in [0.15, 0.2) is 22.7 Å². The summed E-state index contributed by atoms with van der Waals surface area (Å²) in [6.45, 7) is 7.28. The minimum Gasteiger partial charge on any atom is -0.448 e. The number of nitrogens with one attached hydrogen (secondary N) is 1. The third-order valence-electron chi connectivity index (χ3n) is 3.97. The molecule has 21 heavy (non-hydrogen) atoms. The molecule has 1 unspecified atom stereocenters. The smallest absolute Gasteiger partial charge is 0.193 e. The van der Waals surface area contributed by atoms with Crippen molar-refractivity contribution in [2.75, 3.05) is 0 Å². The maximum atomic E-state index is 5.81. The number of fused-ring (bicyclic) bond motifs is 1. The van der Waals surface area contributed by atoms with Crippen LogP contribution in [0.2, 0.25) is 5.22 Å². The Morgan fingerprint density at radius 2 is 2.24 bits per heavy atom. The predicted octanol–water partition coefficient (Wildman–Crippen LogP) is 4.05. The predicted molar refractivity (Wildman–Crippen MR) is 83.5 cm³/mol. The van der Waals surface area contributed by atoms with E-state index in [-0.39, 0.29) is 5.54 Å². The topological polar surface area (TPSA) is 43.0 Å². The summed E-state index contributed by atoms with van der Waals surface area (Å²) in [5, 5.41) is 8.62. The number of furan rings is 1. The molecular formula is C16H22ClN3O. The Bertz CT molecular complexity index is 624. The van der Waals surface area contributed by atoms with Crippen molar-refractivity contribution in [1.29, 1.82) is 0 Å². The lowest BCUT2D eigenvalue weighted by Crippen LogP contribution is -2.29. The van der Waals surface area contributed by atoms with Crippen LogP contribution < -0.4 is 5.32 Å². The van der Waals surface area contributed by atoms with Crippen LogP contribution in [0.5, 0.6) is 0 Å². The molecule has 1 N–H and O–H groups in total. The summed E-state index contributed by atoms with van der Waals surface area (Å²) in [4.78, 5) is 0. The monoisotopic (exact) mass is 307 g/mol. The van der Waals surface area contributed by atoms with Crippen molar-refractivity contribution >= 4 is 11.6 Å². The Kier molecular flexibility index (Phi) is 3.84. The van der Waals surface area contributed by atoms with Crippen LogP contribution in [0.4, 0.5) is 0 Å². The van der Waals surface area contributed by atoms with Gasteiger partial charge in [-0.15, -0.1) is 0 Å². The van der Waals surface area contributed by atoms with Gasteiger partial charge in [0.1, 0.15) is 5.76 Å². The molecule has 1 aliphatic carbocycles. The average molecular weight is 308 g/mol. The summed E-state index contributed by atoms with van der Waals surface area (Å²) in [6.07, 6.45) is 5.45. The first-order chi connectivity index (χ1) is 9.95. The van der Waals surface area contributed by atoms with Gasteiger partial charge in [-0.2, -0.15) is 5.10 Å². The number of rotatable bonds is 3. The summed E-state index contributed by atoms with van der Waals surface area (Å²) in [5.41, 5.74) is 2.72. The van der Waals surface area contributed by atoms with Crippen molar-refractivity contribution in [3.63, 3.8) is 0 Å². The molecule has 0 aliphatic heterocycles. The fourth-order valence-corrected chi connectivity index (χ4v) is 3.18. The molecule has 2 aromatic rings. The lowest BCUT2D eigenvalue weighted by atomic mass is 9.92.